The van der Waals surface area contributed by atoms with E-state index in [2.05, 4.69) is 54.8 Å². The number of aliphatic hydroxyl groups excluding tert-OH is 1. The summed E-state index contributed by atoms with van der Waals surface area (Å²) in [4.78, 5) is 4.83. The number of morpholine rings is 1. The molecule has 1 heterocycles. The molecule has 1 fully saturated rings. The lowest BCUT2D eigenvalue weighted by Gasteiger charge is -2.31. The Balaban J connectivity index is 1.95. The van der Waals surface area contributed by atoms with Crippen molar-refractivity contribution < 1.29 is 9.84 Å². The van der Waals surface area contributed by atoms with Gasteiger partial charge in [0.05, 0.1) is 13.2 Å². The zero-order valence-electron chi connectivity index (χ0n) is 14.9. The average molecular weight is 320 g/mol. The Kier molecular flexibility index (Phi) is 6.88. The normalized spacial score (nSPS) is 16.1. The van der Waals surface area contributed by atoms with Gasteiger partial charge in [0, 0.05) is 45.0 Å². The van der Waals surface area contributed by atoms with Crippen molar-refractivity contribution in [3.05, 3.63) is 29.8 Å². The summed E-state index contributed by atoms with van der Waals surface area (Å²) in [7, 11) is 0. The minimum Gasteiger partial charge on any atom is -0.396 e. The molecular weight excluding hydrogens is 288 g/mol. The van der Waals surface area contributed by atoms with Crippen molar-refractivity contribution in [2.24, 2.45) is 5.41 Å². The highest BCUT2D eigenvalue weighted by molar-refractivity contribution is 5.47. The van der Waals surface area contributed by atoms with Crippen LogP contribution in [0.25, 0.3) is 0 Å². The molecule has 1 saturated heterocycles. The number of aliphatic hydroxyl groups is 1. The molecule has 0 radical (unpaired) electrons. The maximum Gasteiger partial charge on any atom is 0.0642 e. The van der Waals surface area contributed by atoms with Gasteiger partial charge in [-0.1, -0.05) is 32.9 Å². The first-order valence-electron chi connectivity index (χ1n) is 8.73. The van der Waals surface area contributed by atoms with Crippen LogP contribution in [-0.4, -0.2) is 56.0 Å². The highest BCUT2D eigenvalue weighted by Crippen LogP contribution is 2.20. The molecule has 1 aliphatic heterocycles. The first-order valence-corrected chi connectivity index (χ1v) is 8.73. The van der Waals surface area contributed by atoms with E-state index in [1.807, 2.05) is 0 Å². The molecule has 1 aromatic rings. The van der Waals surface area contributed by atoms with Gasteiger partial charge in [0.2, 0.25) is 0 Å². The molecule has 4 heteroatoms. The minimum atomic E-state index is 0.261. The maximum atomic E-state index is 9.12. The number of rotatable bonds is 7. The minimum absolute atomic E-state index is 0.261. The monoisotopic (exact) mass is 320 g/mol. The number of nitrogens with zero attached hydrogens (tertiary/aromatic N) is 2. The lowest BCUT2D eigenvalue weighted by atomic mass is 9.95. The van der Waals surface area contributed by atoms with Gasteiger partial charge >= 0.3 is 0 Å². The maximum absolute atomic E-state index is 9.12. The van der Waals surface area contributed by atoms with Gasteiger partial charge in [-0.25, -0.2) is 0 Å². The van der Waals surface area contributed by atoms with E-state index in [9.17, 15) is 0 Å². The second kappa shape index (κ2) is 8.67. The van der Waals surface area contributed by atoms with Gasteiger partial charge in [0.1, 0.15) is 0 Å². The smallest absolute Gasteiger partial charge is 0.0642 e. The van der Waals surface area contributed by atoms with Crippen molar-refractivity contribution in [3.8, 4) is 0 Å². The number of benzene rings is 1. The second-order valence-corrected chi connectivity index (χ2v) is 7.61. The predicted octanol–water partition coefficient (Wildman–Crippen LogP) is 2.75. The summed E-state index contributed by atoms with van der Waals surface area (Å²) in [5.74, 6) is 0. The van der Waals surface area contributed by atoms with E-state index in [-0.39, 0.29) is 12.0 Å². The van der Waals surface area contributed by atoms with Gasteiger partial charge in [0.15, 0.2) is 0 Å². The van der Waals surface area contributed by atoms with E-state index in [4.69, 9.17) is 9.84 Å². The Morgan fingerprint density at radius 3 is 2.35 bits per heavy atom. The SMILES string of the molecule is CC(C)(C)CN(CCCO)Cc1ccc(N2CCOCC2)cc1. The molecule has 2 rings (SSSR count). The molecule has 1 aromatic carbocycles. The van der Waals surface area contributed by atoms with Crippen LogP contribution in [-0.2, 0) is 11.3 Å². The van der Waals surface area contributed by atoms with Crippen LogP contribution in [0.2, 0.25) is 0 Å². The predicted molar refractivity (Wildman–Crippen MR) is 95.9 cm³/mol. The zero-order valence-corrected chi connectivity index (χ0v) is 14.9. The van der Waals surface area contributed by atoms with Crippen molar-refractivity contribution in [2.45, 2.75) is 33.7 Å². The third-order valence-electron chi connectivity index (χ3n) is 4.05. The first-order chi connectivity index (χ1) is 11.0. The third-order valence-corrected chi connectivity index (χ3v) is 4.05. The third kappa shape index (κ3) is 6.50. The van der Waals surface area contributed by atoms with Crippen LogP contribution in [0.5, 0.6) is 0 Å². The van der Waals surface area contributed by atoms with E-state index in [0.29, 0.717) is 0 Å². The molecule has 0 unspecified atom stereocenters. The fraction of sp³-hybridized carbons (Fsp3) is 0.684. The van der Waals surface area contributed by atoms with E-state index < -0.39 is 0 Å². The average Bonchev–Trinajstić information content (AvgIpc) is 2.53. The summed E-state index contributed by atoms with van der Waals surface area (Å²) in [6, 6.07) is 8.92. The van der Waals surface area contributed by atoms with E-state index >= 15 is 0 Å². The largest absolute Gasteiger partial charge is 0.396 e. The summed E-state index contributed by atoms with van der Waals surface area (Å²) < 4.78 is 5.41. The summed E-state index contributed by atoms with van der Waals surface area (Å²) in [6.07, 6.45) is 0.835. The molecule has 23 heavy (non-hydrogen) atoms. The molecule has 1 N–H and O–H groups in total. The standard InChI is InChI=1S/C19H32N2O2/c1-19(2,3)16-20(9-4-12-22)15-17-5-7-18(8-6-17)21-10-13-23-14-11-21/h5-8,22H,4,9-16H2,1-3H3. The Labute approximate surface area is 141 Å². The lowest BCUT2D eigenvalue weighted by molar-refractivity contribution is 0.122. The zero-order chi connectivity index (χ0) is 16.7. The van der Waals surface area contributed by atoms with Crippen LogP contribution >= 0.6 is 0 Å². The van der Waals surface area contributed by atoms with Crippen molar-refractivity contribution in [3.63, 3.8) is 0 Å². The van der Waals surface area contributed by atoms with Crippen LogP contribution in [0, 0.1) is 5.41 Å². The number of anilines is 1. The Morgan fingerprint density at radius 1 is 1.13 bits per heavy atom. The summed E-state index contributed by atoms with van der Waals surface area (Å²) in [5, 5.41) is 9.12. The second-order valence-electron chi connectivity index (χ2n) is 7.61. The molecule has 0 bridgehead atoms. The topological polar surface area (TPSA) is 35.9 Å². The van der Waals surface area contributed by atoms with Gasteiger partial charge in [-0.2, -0.15) is 0 Å². The van der Waals surface area contributed by atoms with Crippen LogP contribution in [0.1, 0.15) is 32.8 Å². The fourth-order valence-electron chi connectivity index (χ4n) is 3.07. The van der Waals surface area contributed by atoms with E-state index in [0.717, 1.165) is 52.4 Å². The van der Waals surface area contributed by atoms with Crippen LogP contribution in [0.3, 0.4) is 0 Å². The quantitative estimate of drug-likeness (QED) is 0.838. The first kappa shape index (κ1) is 18.2. The van der Waals surface area contributed by atoms with Crippen LogP contribution in [0.15, 0.2) is 24.3 Å². The van der Waals surface area contributed by atoms with Crippen LogP contribution < -0.4 is 4.90 Å². The molecule has 0 aliphatic carbocycles. The van der Waals surface area contributed by atoms with Crippen LogP contribution in [0.4, 0.5) is 5.69 Å². The number of hydrogen-bond acceptors (Lipinski definition) is 4. The number of ether oxygens (including phenoxy) is 1. The van der Waals surface area contributed by atoms with Crippen molar-refractivity contribution in [1.82, 2.24) is 4.90 Å². The van der Waals surface area contributed by atoms with Crippen molar-refractivity contribution >= 4 is 5.69 Å². The Morgan fingerprint density at radius 2 is 1.78 bits per heavy atom. The van der Waals surface area contributed by atoms with Gasteiger partial charge < -0.3 is 14.7 Å². The summed E-state index contributed by atoms with van der Waals surface area (Å²) >= 11 is 0. The van der Waals surface area contributed by atoms with Crippen molar-refractivity contribution in [1.29, 1.82) is 0 Å². The highest BCUT2D eigenvalue weighted by Gasteiger charge is 2.17. The van der Waals surface area contributed by atoms with Crippen molar-refractivity contribution in [2.75, 3.05) is 50.9 Å². The number of hydrogen-bond donors (Lipinski definition) is 1. The van der Waals surface area contributed by atoms with Gasteiger partial charge in [0.25, 0.3) is 0 Å². The lowest BCUT2D eigenvalue weighted by Crippen LogP contribution is -2.36. The molecule has 0 aromatic heterocycles. The Bertz CT molecular complexity index is 447. The highest BCUT2D eigenvalue weighted by atomic mass is 16.5. The van der Waals surface area contributed by atoms with E-state index in [1.165, 1.54) is 11.3 Å². The van der Waals surface area contributed by atoms with Gasteiger partial charge in [-0.3, -0.25) is 4.90 Å². The molecule has 130 valence electrons. The van der Waals surface area contributed by atoms with E-state index in [1.54, 1.807) is 0 Å². The fourth-order valence-corrected chi connectivity index (χ4v) is 3.07. The Hall–Kier alpha value is -1.10. The molecule has 0 spiro atoms. The molecule has 0 amide bonds. The summed E-state index contributed by atoms with van der Waals surface area (Å²) in [5.41, 5.74) is 2.89. The molecular formula is C19H32N2O2. The summed E-state index contributed by atoms with van der Waals surface area (Å²) in [6.45, 7) is 13.6. The molecule has 0 atom stereocenters. The van der Waals surface area contributed by atoms with Gasteiger partial charge in [-0.15, -0.1) is 0 Å². The van der Waals surface area contributed by atoms with Gasteiger partial charge in [-0.05, 0) is 29.5 Å². The molecule has 0 saturated carbocycles. The molecule has 1 aliphatic rings. The molecule has 4 nitrogen and oxygen atoms in total.